The molecule has 5 heteroatoms. The molecular weight excluding hydrogens is 252 g/mol. The predicted octanol–water partition coefficient (Wildman–Crippen LogP) is 1.47. The van der Waals surface area contributed by atoms with Crippen molar-refractivity contribution in [2.45, 2.75) is 12.6 Å². The SMILES string of the molecule is CCN1c2cc[c]cc2NC1(C(N)=O)c1cccnc1. The van der Waals surface area contributed by atoms with Gasteiger partial charge in [0.1, 0.15) is 0 Å². The number of benzene rings is 1. The molecule has 1 radical (unpaired) electrons. The third-order valence-corrected chi connectivity index (χ3v) is 3.60. The van der Waals surface area contributed by atoms with E-state index in [1.54, 1.807) is 18.5 Å². The first kappa shape index (κ1) is 12.5. The molecule has 1 aliphatic rings. The Bertz CT molecular complexity index is 643. The Labute approximate surface area is 117 Å². The van der Waals surface area contributed by atoms with E-state index in [1.807, 2.05) is 36.1 Å². The van der Waals surface area contributed by atoms with Gasteiger partial charge in [-0.2, -0.15) is 0 Å². The molecule has 2 heterocycles. The van der Waals surface area contributed by atoms with Crippen molar-refractivity contribution in [3.63, 3.8) is 0 Å². The molecule has 1 aromatic heterocycles. The van der Waals surface area contributed by atoms with Crippen molar-refractivity contribution in [3.05, 3.63) is 54.4 Å². The Morgan fingerprint density at radius 1 is 1.55 bits per heavy atom. The fourth-order valence-electron chi connectivity index (χ4n) is 2.75. The monoisotopic (exact) mass is 267 g/mol. The zero-order chi connectivity index (χ0) is 14.2. The molecule has 101 valence electrons. The van der Waals surface area contributed by atoms with Crippen molar-refractivity contribution in [1.82, 2.24) is 4.98 Å². The van der Waals surface area contributed by atoms with Crippen molar-refractivity contribution < 1.29 is 4.79 Å². The van der Waals surface area contributed by atoms with E-state index in [-0.39, 0.29) is 0 Å². The summed E-state index contributed by atoms with van der Waals surface area (Å²) in [6.45, 7) is 2.63. The summed E-state index contributed by atoms with van der Waals surface area (Å²) >= 11 is 0. The van der Waals surface area contributed by atoms with E-state index in [1.165, 1.54) is 0 Å². The number of aromatic nitrogens is 1. The van der Waals surface area contributed by atoms with Gasteiger partial charge >= 0.3 is 0 Å². The quantitative estimate of drug-likeness (QED) is 0.883. The fourth-order valence-corrected chi connectivity index (χ4v) is 2.75. The lowest BCUT2D eigenvalue weighted by atomic mass is 9.99. The third-order valence-electron chi connectivity index (χ3n) is 3.60. The van der Waals surface area contributed by atoms with Crippen molar-refractivity contribution in [2.24, 2.45) is 5.73 Å². The minimum Gasteiger partial charge on any atom is -0.366 e. The van der Waals surface area contributed by atoms with E-state index < -0.39 is 11.6 Å². The molecule has 0 bridgehead atoms. The minimum absolute atomic E-state index is 0.455. The summed E-state index contributed by atoms with van der Waals surface area (Å²) in [5.74, 6) is -0.455. The highest BCUT2D eigenvalue weighted by Gasteiger charge is 2.49. The highest BCUT2D eigenvalue weighted by Crippen LogP contribution is 2.44. The summed E-state index contributed by atoms with van der Waals surface area (Å²) in [6, 6.07) is 12.2. The van der Waals surface area contributed by atoms with E-state index >= 15 is 0 Å². The number of hydrogen-bond donors (Lipinski definition) is 2. The van der Waals surface area contributed by atoms with Gasteiger partial charge in [0.05, 0.1) is 11.4 Å². The highest BCUT2D eigenvalue weighted by atomic mass is 16.2. The maximum Gasteiger partial charge on any atom is 0.269 e. The van der Waals surface area contributed by atoms with Crippen LogP contribution in [0.5, 0.6) is 0 Å². The molecule has 0 spiro atoms. The van der Waals surface area contributed by atoms with Crippen molar-refractivity contribution in [3.8, 4) is 0 Å². The smallest absolute Gasteiger partial charge is 0.269 e. The average molecular weight is 267 g/mol. The van der Waals surface area contributed by atoms with E-state index in [2.05, 4.69) is 16.4 Å². The van der Waals surface area contributed by atoms with Crippen LogP contribution in [-0.4, -0.2) is 17.4 Å². The van der Waals surface area contributed by atoms with Gasteiger partial charge in [-0.1, -0.05) is 12.1 Å². The lowest BCUT2D eigenvalue weighted by Crippen LogP contribution is -2.57. The number of nitrogens with zero attached hydrogens (tertiary/aromatic N) is 2. The van der Waals surface area contributed by atoms with Crippen LogP contribution in [-0.2, 0) is 10.5 Å². The maximum absolute atomic E-state index is 12.2. The van der Waals surface area contributed by atoms with Gasteiger partial charge in [0.15, 0.2) is 0 Å². The number of amides is 1. The molecule has 1 atom stereocenters. The van der Waals surface area contributed by atoms with Crippen LogP contribution in [0.3, 0.4) is 0 Å². The van der Waals surface area contributed by atoms with Gasteiger partial charge in [-0.05, 0) is 31.2 Å². The fraction of sp³-hybridized carbons (Fsp3) is 0.200. The molecule has 5 nitrogen and oxygen atoms in total. The lowest BCUT2D eigenvalue weighted by molar-refractivity contribution is -0.122. The summed E-state index contributed by atoms with van der Waals surface area (Å²) < 4.78 is 0. The second-order valence-corrected chi connectivity index (χ2v) is 4.63. The number of primary amides is 1. The number of likely N-dealkylation sites (N-methyl/N-ethyl adjacent to an activating group) is 1. The number of fused-ring (bicyclic) bond motifs is 1. The summed E-state index contributed by atoms with van der Waals surface area (Å²) in [5, 5.41) is 3.24. The lowest BCUT2D eigenvalue weighted by Gasteiger charge is -2.36. The van der Waals surface area contributed by atoms with E-state index in [4.69, 9.17) is 5.73 Å². The van der Waals surface area contributed by atoms with Gasteiger partial charge in [0, 0.05) is 24.5 Å². The van der Waals surface area contributed by atoms with Crippen LogP contribution in [0.25, 0.3) is 0 Å². The van der Waals surface area contributed by atoms with Crippen molar-refractivity contribution in [1.29, 1.82) is 0 Å². The van der Waals surface area contributed by atoms with E-state index in [9.17, 15) is 4.79 Å². The Balaban J connectivity index is 2.21. The Kier molecular flexibility index (Phi) is 2.82. The number of pyridine rings is 1. The molecule has 1 amide bonds. The number of carbonyl (C=O) groups is 1. The second-order valence-electron chi connectivity index (χ2n) is 4.63. The van der Waals surface area contributed by atoms with Gasteiger partial charge < -0.3 is 16.0 Å². The first-order valence-electron chi connectivity index (χ1n) is 6.46. The first-order valence-corrected chi connectivity index (χ1v) is 6.46. The summed E-state index contributed by atoms with van der Waals surface area (Å²) in [4.78, 5) is 18.3. The van der Waals surface area contributed by atoms with E-state index in [0.717, 1.165) is 16.9 Å². The van der Waals surface area contributed by atoms with Crippen molar-refractivity contribution >= 4 is 17.3 Å². The largest absolute Gasteiger partial charge is 0.366 e. The molecule has 3 rings (SSSR count). The normalized spacial score (nSPS) is 20.4. The van der Waals surface area contributed by atoms with Crippen LogP contribution in [0.1, 0.15) is 12.5 Å². The number of hydrogen-bond acceptors (Lipinski definition) is 4. The number of carbonyl (C=O) groups excluding carboxylic acids is 1. The number of nitrogens with two attached hydrogens (primary N) is 1. The molecular formula is C15H15N4O. The molecule has 0 aliphatic carbocycles. The molecule has 2 aromatic rings. The molecule has 1 unspecified atom stereocenters. The molecule has 0 fully saturated rings. The average Bonchev–Trinajstić information content (AvgIpc) is 2.83. The first-order chi connectivity index (χ1) is 9.70. The van der Waals surface area contributed by atoms with Gasteiger partial charge in [0.2, 0.25) is 5.66 Å². The third kappa shape index (κ3) is 1.56. The Hall–Kier alpha value is -2.56. The van der Waals surface area contributed by atoms with Crippen molar-refractivity contribution in [2.75, 3.05) is 16.8 Å². The van der Waals surface area contributed by atoms with Crippen LogP contribution < -0.4 is 16.0 Å². The topological polar surface area (TPSA) is 71.2 Å². The standard InChI is InChI=1S/C15H15N4O/c1-2-19-13-8-4-3-7-12(13)18-15(19,14(16)20)11-6-5-9-17-10-11/h4-10,18H,2H2,1H3,(H2,16,20). The zero-order valence-corrected chi connectivity index (χ0v) is 11.1. The molecule has 3 N–H and O–H groups in total. The maximum atomic E-state index is 12.2. The van der Waals surface area contributed by atoms with Gasteiger partial charge in [-0.15, -0.1) is 0 Å². The summed E-state index contributed by atoms with van der Waals surface area (Å²) in [6.07, 6.45) is 3.33. The van der Waals surface area contributed by atoms with Crippen LogP contribution in [0, 0.1) is 6.07 Å². The minimum atomic E-state index is -1.10. The second kappa shape index (κ2) is 4.52. The Morgan fingerprint density at radius 3 is 3.05 bits per heavy atom. The molecule has 1 aliphatic heterocycles. The highest BCUT2D eigenvalue weighted by molar-refractivity contribution is 5.98. The summed E-state index contributed by atoms with van der Waals surface area (Å²) in [7, 11) is 0. The number of nitrogens with one attached hydrogen (secondary N) is 1. The predicted molar refractivity (Wildman–Crippen MR) is 77.0 cm³/mol. The van der Waals surface area contributed by atoms with Crippen LogP contribution in [0.4, 0.5) is 11.4 Å². The molecule has 20 heavy (non-hydrogen) atoms. The van der Waals surface area contributed by atoms with Crippen LogP contribution in [0.2, 0.25) is 0 Å². The number of rotatable bonds is 3. The van der Waals surface area contributed by atoms with Crippen LogP contribution in [0.15, 0.2) is 42.7 Å². The van der Waals surface area contributed by atoms with Gasteiger partial charge in [-0.25, -0.2) is 0 Å². The van der Waals surface area contributed by atoms with Crippen LogP contribution >= 0.6 is 0 Å². The molecule has 0 saturated carbocycles. The number of anilines is 2. The Morgan fingerprint density at radius 2 is 2.40 bits per heavy atom. The van der Waals surface area contributed by atoms with Gasteiger partial charge in [-0.3, -0.25) is 9.78 Å². The molecule has 0 saturated heterocycles. The molecule has 1 aromatic carbocycles. The van der Waals surface area contributed by atoms with E-state index in [0.29, 0.717) is 6.54 Å². The zero-order valence-electron chi connectivity index (χ0n) is 11.1. The summed E-state index contributed by atoms with van der Waals surface area (Å²) in [5.41, 5.74) is 7.14. The van der Waals surface area contributed by atoms with Gasteiger partial charge in [0.25, 0.3) is 5.91 Å².